The minimum Gasteiger partial charge on any atom is -0.491 e. The Morgan fingerprint density at radius 1 is 1.47 bits per heavy atom. The van der Waals surface area contributed by atoms with Crippen LogP contribution in [0.4, 0.5) is 0 Å². The summed E-state index contributed by atoms with van der Waals surface area (Å²) in [7, 11) is 0. The average Bonchev–Trinajstić information content (AvgIpc) is 2.24. The van der Waals surface area contributed by atoms with Gasteiger partial charge in [-0.3, -0.25) is 4.79 Å². The maximum atomic E-state index is 10.3. The van der Waals surface area contributed by atoms with E-state index in [1.807, 2.05) is 50.3 Å². The van der Waals surface area contributed by atoms with Crippen LogP contribution in [0.25, 0.3) is 6.08 Å². The quantitative estimate of drug-likeness (QED) is 0.821. The van der Waals surface area contributed by atoms with Crippen molar-refractivity contribution in [1.82, 2.24) is 0 Å². The summed E-state index contributed by atoms with van der Waals surface area (Å²) >= 11 is 0. The summed E-state index contributed by atoms with van der Waals surface area (Å²) in [5.74, 6) is 0.0620. The summed E-state index contributed by atoms with van der Waals surface area (Å²) in [5, 5.41) is 8.50. The topological polar surface area (TPSA) is 46.5 Å². The van der Waals surface area contributed by atoms with Crippen LogP contribution in [0.15, 0.2) is 30.3 Å². The standard InChI is InChI=1S/C14H18O3/c1-11(2)17-13-8-5-7-12(10-13)6-3-4-9-14(15)16/h3,5-8,10-11H,4,9H2,1-2H3,(H,15,16). The predicted octanol–water partition coefficient (Wildman–Crippen LogP) is 3.35. The van der Waals surface area contributed by atoms with Crippen molar-refractivity contribution in [3.8, 4) is 5.75 Å². The molecule has 3 nitrogen and oxygen atoms in total. The Labute approximate surface area is 102 Å². The van der Waals surface area contributed by atoms with E-state index in [1.54, 1.807) is 0 Å². The van der Waals surface area contributed by atoms with Crippen molar-refractivity contribution in [1.29, 1.82) is 0 Å². The molecule has 92 valence electrons. The molecule has 0 aliphatic rings. The monoisotopic (exact) mass is 234 g/mol. The highest BCUT2D eigenvalue weighted by Crippen LogP contribution is 2.16. The molecule has 0 radical (unpaired) electrons. The van der Waals surface area contributed by atoms with Gasteiger partial charge in [0, 0.05) is 6.42 Å². The Bertz CT molecular complexity index is 394. The molecular weight excluding hydrogens is 216 g/mol. The van der Waals surface area contributed by atoms with Crippen LogP contribution in [0.3, 0.4) is 0 Å². The highest BCUT2D eigenvalue weighted by atomic mass is 16.5. The number of ether oxygens (including phenoxy) is 1. The summed E-state index contributed by atoms with van der Waals surface area (Å²) in [4.78, 5) is 10.3. The van der Waals surface area contributed by atoms with Crippen LogP contribution in [0.2, 0.25) is 0 Å². The lowest BCUT2D eigenvalue weighted by Gasteiger charge is -2.09. The molecule has 0 aliphatic carbocycles. The van der Waals surface area contributed by atoms with Crippen molar-refractivity contribution in [2.45, 2.75) is 32.8 Å². The number of rotatable bonds is 6. The Morgan fingerprint density at radius 3 is 2.88 bits per heavy atom. The van der Waals surface area contributed by atoms with Crippen molar-refractivity contribution in [3.63, 3.8) is 0 Å². The van der Waals surface area contributed by atoms with Gasteiger partial charge in [-0.15, -0.1) is 0 Å². The van der Waals surface area contributed by atoms with Crippen molar-refractivity contribution in [2.75, 3.05) is 0 Å². The van der Waals surface area contributed by atoms with Gasteiger partial charge in [-0.25, -0.2) is 0 Å². The number of hydrogen-bond donors (Lipinski definition) is 1. The molecule has 0 unspecified atom stereocenters. The van der Waals surface area contributed by atoms with Crippen molar-refractivity contribution < 1.29 is 14.6 Å². The summed E-state index contributed by atoms with van der Waals surface area (Å²) in [6.07, 6.45) is 4.64. The lowest BCUT2D eigenvalue weighted by Crippen LogP contribution is -2.05. The number of benzene rings is 1. The number of carbonyl (C=O) groups is 1. The van der Waals surface area contributed by atoms with Gasteiger partial charge in [0.2, 0.25) is 0 Å². The van der Waals surface area contributed by atoms with E-state index in [9.17, 15) is 4.79 Å². The van der Waals surface area contributed by atoms with Crippen LogP contribution in [0.1, 0.15) is 32.3 Å². The third-order valence-corrected chi connectivity index (χ3v) is 2.07. The lowest BCUT2D eigenvalue weighted by molar-refractivity contribution is -0.136. The molecule has 0 amide bonds. The first-order valence-corrected chi connectivity index (χ1v) is 5.73. The summed E-state index contributed by atoms with van der Waals surface area (Å²) in [5.41, 5.74) is 1.02. The zero-order valence-corrected chi connectivity index (χ0v) is 10.2. The second kappa shape index (κ2) is 6.74. The highest BCUT2D eigenvalue weighted by Gasteiger charge is 1.97. The molecule has 0 bridgehead atoms. The van der Waals surface area contributed by atoms with Crippen molar-refractivity contribution in [3.05, 3.63) is 35.9 Å². The first-order chi connectivity index (χ1) is 8.08. The largest absolute Gasteiger partial charge is 0.491 e. The highest BCUT2D eigenvalue weighted by molar-refractivity contribution is 5.67. The normalized spacial score (nSPS) is 11.0. The van der Waals surface area contributed by atoms with Gasteiger partial charge in [0.1, 0.15) is 5.75 Å². The Hall–Kier alpha value is -1.77. The van der Waals surface area contributed by atoms with Crippen LogP contribution in [0, 0.1) is 0 Å². The SMILES string of the molecule is CC(C)Oc1cccc(C=CCCC(=O)O)c1. The van der Waals surface area contributed by atoms with Crippen molar-refractivity contribution >= 4 is 12.0 Å². The van der Waals surface area contributed by atoms with Crippen LogP contribution >= 0.6 is 0 Å². The minimum absolute atomic E-state index is 0.154. The molecule has 1 N–H and O–H groups in total. The van der Waals surface area contributed by atoms with E-state index in [1.165, 1.54) is 0 Å². The van der Waals surface area contributed by atoms with E-state index >= 15 is 0 Å². The molecule has 0 heterocycles. The van der Waals surface area contributed by atoms with E-state index in [4.69, 9.17) is 9.84 Å². The van der Waals surface area contributed by atoms with Gasteiger partial charge in [-0.1, -0.05) is 24.3 Å². The van der Waals surface area contributed by atoms with Crippen LogP contribution < -0.4 is 4.74 Å². The maximum absolute atomic E-state index is 10.3. The first-order valence-electron chi connectivity index (χ1n) is 5.73. The molecule has 1 aromatic carbocycles. The minimum atomic E-state index is -0.772. The summed E-state index contributed by atoms with van der Waals surface area (Å²) in [6, 6.07) is 7.74. The Kier molecular flexibility index (Phi) is 5.27. The number of aliphatic carboxylic acids is 1. The van der Waals surface area contributed by atoms with E-state index in [0.717, 1.165) is 11.3 Å². The molecule has 1 rings (SSSR count). The van der Waals surface area contributed by atoms with Gasteiger partial charge in [0.15, 0.2) is 0 Å². The van der Waals surface area contributed by atoms with Gasteiger partial charge in [0.05, 0.1) is 6.10 Å². The molecule has 1 aromatic rings. The van der Waals surface area contributed by atoms with E-state index in [2.05, 4.69) is 0 Å². The first kappa shape index (κ1) is 13.3. The van der Waals surface area contributed by atoms with E-state index in [-0.39, 0.29) is 12.5 Å². The zero-order chi connectivity index (χ0) is 12.7. The average molecular weight is 234 g/mol. The fraction of sp³-hybridized carbons (Fsp3) is 0.357. The molecule has 0 aromatic heterocycles. The molecule has 3 heteroatoms. The Balaban J connectivity index is 2.56. The number of hydrogen-bond acceptors (Lipinski definition) is 2. The van der Waals surface area contributed by atoms with E-state index in [0.29, 0.717) is 6.42 Å². The molecule has 0 saturated heterocycles. The van der Waals surface area contributed by atoms with Crippen LogP contribution in [-0.2, 0) is 4.79 Å². The summed E-state index contributed by atoms with van der Waals surface area (Å²) in [6.45, 7) is 3.96. The fourth-order valence-corrected chi connectivity index (χ4v) is 1.39. The van der Waals surface area contributed by atoms with Crippen LogP contribution in [-0.4, -0.2) is 17.2 Å². The molecule has 0 saturated carbocycles. The zero-order valence-electron chi connectivity index (χ0n) is 10.2. The van der Waals surface area contributed by atoms with Gasteiger partial charge >= 0.3 is 5.97 Å². The van der Waals surface area contributed by atoms with Gasteiger partial charge in [-0.2, -0.15) is 0 Å². The van der Waals surface area contributed by atoms with Crippen molar-refractivity contribution in [2.24, 2.45) is 0 Å². The summed E-state index contributed by atoms with van der Waals surface area (Å²) < 4.78 is 5.57. The second-order valence-electron chi connectivity index (χ2n) is 4.07. The Morgan fingerprint density at radius 2 is 2.24 bits per heavy atom. The van der Waals surface area contributed by atoms with Gasteiger partial charge < -0.3 is 9.84 Å². The van der Waals surface area contributed by atoms with Gasteiger partial charge in [0.25, 0.3) is 0 Å². The number of allylic oxidation sites excluding steroid dienone is 1. The second-order valence-corrected chi connectivity index (χ2v) is 4.07. The fourth-order valence-electron chi connectivity index (χ4n) is 1.39. The van der Waals surface area contributed by atoms with Crippen LogP contribution in [0.5, 0.6) is 5.75 Å². The number of carboxylic acids is 1. The third kappa shape index (κ3) is 5.76. The molecule has 17 heavy (non-hydrogen) atoms. The molecule has 0 aliphatic heterocycles. The predicted molar refractivity (Wildman–Crippen MR) is 68.1 cm³/mol. The molecule has 0 spiro atoms. The number of carboxylic acid groups (broad SMARTS) is 1. The van der Waals surface area contributed by atoms with Gasteiger partial charge in [-0.05, 0) is 38.0 Å². The lowest BCUT2D eigenvalue weighted by atomic mass is 10.2. The molecule has 0 atom stereocenters. The molecule has 0 fully saturated rings. The van der Waals surface area contributed by atoms with E-state index < -0.39 is 5.97 Å². The third-order valence-electron chi connectivity index (χ3n) is 2.07. The molecular formula is C14H18O3. The maximum Gasteiger partial charge on any atom is 0.303 e. The smallest absolute Gasteiger partial charge is 0.303 e.